The fraction of sp³-hybridized carbons (Fsp3) is 0.385. The predicted molar refractivity (Wildman–Crippen MR) is 60.9 cm³/mol. The maximum absolute atomic E-state index is 6.06. The topological polar surface area (TPSA) is 26.0 Å². The van der Waals surface area contributed by atoms with E-state index in [1.54, 1.807) is 0 Å². The van der Waals surface area contributed by atoms with Crippen molar-refractivity contribution in [2.75, 3.05) is 0 Å². The molecule has 0 aromatic heterocycles. The van der Waals surface area contributed by atoms with Crippen molar-refractivity contribution >= 4 is 6.08 Å². The summed E-state index contributed by atoms with van der Waals surface area (Å²) < 4.78 is 0. The Morgan fingerprint density at radius 2 is 1.93 bits per heavy atom. The molecule has 1 saturated carbocycles. The van der Waals surface area contributed by atoms with Crippen molar-refractivity contribution in [2.45, 2.75) is 31.7 Å². The first-order valence-corrected chi connectivity index (χ1v) is 5.37. The SMILES string of the molecule is N[C@H]1CCCC/C1=C\c1ccccc1. The molecule has 1 heteroatoms. The van der Waals surface area contributed by atoms with E-state index in [0.29, 0.717) is 6.04 Å². The number of hydrogen-bond acceptors (Lipinski definition) is 1. The molecular weight excluding hydrogens is 170 g/mol. The lowest BCUT2D eigenvalue weighted by Crippen LogP contribution is -2.25. The van der Waals surface area contributed by atoms with Crippen LogP contribution in [-0.4, -0.2) is 6.04 Å². The molecule has 0 bridgehead atoms. The summed E-state index contributed by atoms with van der Waals surface area (Å²) in [7, 11) is 0. The van der Waals surface area contributed by atoms with Gasteiger partial charge in [-0.3, -0.25) is 0 Å². The van der Waals surface area contributed by atoms with Gasteiger partial charge < -0.3 is 5.73 Å². The molecule has 74 valence electrons. The van der Waals surface area contributed by atoms with Gasteiger partial charge in [-0.05, 0) is 24.8 Å². The van der Waals surface area contributed by atoms with Gasteiger partial charge in [-0.1, -0.05) is 48.4 Å². The molecule has 0 saturated heterocycles. The van der Waals surface area contributed by atoms with Crippen molar-refractivity contribution in [3.05, 3.63) is 41.5 Å². The molecule has 2 N–H and O–H groups in total. The standard InChI is InChI=1S/C13H17N/c14-13-9-5-4-8-12(13)10-11-6-2-1-3-7-11/h1-3,6-7,10,13H,4-5,8-9,14H2/b12-10+/t13-/m0/s1. The second-order valence-electron chi connectivity index (χ2n) is 3.98. The van der Waals surface area contributed by atoms with Crippen molar-refractivity contribution in [1.82, 2.24) is 0 Å². The summed E-state index contributed by atoms with van der Waals surface area (Å²) in [6.07, 6.45) is 7.16. The van der Waals surface area contributed by atoms with Gasteiger partial charge in [-0.2, -0.15) is 0 Å². The number of nitrogens with two attached hydrogens (primary N) is 1. The summed E-state index contributed by atoms with van der Waals surface area (Å²) >= 11 is 0. The molecule has 0 spiro atoms. The number of rotatable bonds is 1. The van der Waals surface area contributed by atoms with Gasteiger partial charge in [0, 0.05) is 6.04 Å². The van der Waals surface area contributed by atoms with Crippen LogP contribution < -0.4 is 5.73 Å². The van der Waals surface area contributed by atoms with Crippen molar-refractivity contribution in [1.29, 1.82) is 0 Å². The third-order valence-electron chi connectivity index (χ3n) is 2.86. The fourth-order valence-electron chi connectivity index (χ4n) is 2.01. The van der Waals surface area contributed by atoms with E-state index in [0.717, 1.165) is 6.42 Å². The molecule has 1 aromatic rings. The van der Waals surface area contributed by atoms with Crippen LogP contribution in [0.2, 0.25) is 0 Å². The summed E-state index contributed by atoms with van der Waals surface area (Å²) in [5, 5.41) is 0. The quantitative estimate of drug-likeness (QED) is 0.718. The van der Waals surface area contributed by atoms with Gasteiger partial charge in [-0.15, -0.1) is 0 Å². The molecule has 0 aliphatic heterocycles. The third kappa shape index (κ3) is 2.24. The molecule has 1 atom stereocenters. The molecule has 0 unspecified atom stereocenters. The van der Waals surface area contributed by atoms with E-state index in [1.807, 2.05) is 6.07 Å². The Bertz CT molecular complexity index is 313. The van der Waals surface area contributed by atoms with Crippen LogP contribution in [0.1, 0.15) is 31.2 Å². The molecule has 0 radical (unpaired) electrons. The van der Waals surface area contributed by atoms with E-state index in [-0.39, 0.29) is 0 Å². The molecule has 1 aromatic carbocycles. The van der Waals surface area contributed by atoms with Crippen molar-refractivity contribution in [3.8, 4) is 0 Å². The van der Waals surface area contributed by atoms with Gasteiger partial charge >= 0.3 is 0 Å². The zero-order valence-electron chi connectivity index (χ0n) is 8.45. The molecule has 14 heavy (non-hydrogen) atoms. The minimum Gasteiger partial charge on any atom is -0.324 e. The maximum Gasteiger partial charge on any atom is 0.0256 e. The van der Waals surface area contributed by atoms with E-state index >= 15 is 0 Å². The second kappa shape index (κ2) is 4.43. The molecular formula is C13H17N. The van der Waals surface area contributed by atoms with E-state index in [4.69, 9.17) is 5.73 Å². The highest BCUT2D eigenvalue weighted by Gasteiger charge is 2.13. The third-order valence-corrected chi connectivity index (χ3v) is 2.86. The van der Waals surface area contributed by atoms with E-state index in [2.05, 4.69) is 30.3 Å². The van der Waals surface area contributed by atoms with Crippen LogP contribution in [-0.2, 0) is 0 Å². The van der Waals surface area contributed by atoms with Crippen LogP contribution in [0.5, 0.6) is 0 Å². The van der Waals surface area contributed by atoms with Gasteiger partial charge in [0.05, 0.1) is 0 Å². The minimum absolute atomic E-state index is 0.295. The van der Waals surface area contributed by atoms with Crippen LogP contribution in [0.15, 0.2) is 35.9 Å². The lowest BCUT2D eigenvalue weighted by molar-refractivity contribution is 0.540. The molecule has 2 rings (SSSR count). The summed E-state index contributed by atoms with van der Waals surface area (Å²) in [4.78, 5) is 0. The molecule has 1 aliphatic rings. The molecule has 1 nitrogen and oxygen atoms in total. The largest absolute Gasteiger partial charge is 0.324 e. The van der Waals surface area contributed by atoms with Gasteiger partial charge in [0.1, 0.15) is 0 Å². The summed E-state index contributed by atoms with van der Waals surface area (Å²) in [6, 6.07) is 10.7. The van der Waals surface area contributed by atoms with Gasteiger partial charge in [0.25, 0.3) is 0 Å². The van der Waals surface area contributed by atoms with E-state index < -0.39 is 0 Å². The van der Waals surface area contributed by atoms with Crippen molar-refractivity contribution in [3.63, 3.8) is 0 Å². The Balaban J connectivity index is 2.17. The highest BCUT2D eigenvalue weighted by molar-refractivity contribution is 5.54. The Hall–Kier alpha value is -1.08. The van der Waals surface area contributed by atoms with Crippen LogP contribution in [0.3, 0.4) is 0 Å². The number of hydrogen-bond donors (Lipinski definition) is 1. The van der Waals surface area contributed by atoms with Gasteiger partial charge in [0.15, 0.2) is 0 Å². The Kier molecular flexibility index (Phi) is 3.00. The van der Waals surface area contributed by atoms with Crippen LogP contribution >= 0.6 is 0 Å². The summed E-state index contributed by atoms with van der Waals surface area (Å²) in [5.74, 6) is 0. The first kappa shape index (κ1) is 9.47. The first-order valence-electron chi connectivity index (χ1n) is 5.37. The van der Waals surface area contributed by atoms with E-state index in [1.165, 1.54) is 30.4 Å². The Labute approximate surface area is 85.6 Å². The summed E-state index contributed by atoms with van der Waals surface area (Å²) in [5.41, 5.74) is 8.76. The van der Waals surface area contributed by atoms with Gasteiger partial charge in [-0.25, -0.2) is 0 Å². The minimum atomic E-state index is 0.295. The zero-order valence-corrected chi connectivity index (χ0v) is 8.45. The van der Waals surface area contributed by atoms with E-state index in [9.17, 15) is 0 Å². The van der Waals surface area contributed by atoms with Crippen LogP contribution in [0.4, 0.5) is 0 Å². The molecule has 1 aliphatic carbocycles. The first-order chi connectivity index (χ1) is 6.86. The van der Waals surface area contributed by atoms with Gasteiger partial charge in [0.2, 0.25) is 0 Å². The lowest BCUT2D eigenvalue weighted by Gasteiger charge is -2.21. The van der Waals surface area contributed by atoms with Crippen molar-refractivity contribution < 1.29 is 0 Å². The lowest BCUT2D eigenvalue weighted by atomic mass is 9.89. The average Bonchev–Trinajstić information content (AvgIpc) is 2.23. The smallest absolute Gasteiger partial charge is 0.0256 e. The Morgan fingerprint density at radius 3 is 2.64 bits per heavy atom. The van der Waals surface area contributed by atoms with Crippen LogP contribution in [0.25, 0.3) is 6.08 Å². The normalized spacial score (nSPS) is 25.2. The monoisotopic (exact) mass is 187 g/mol. The van der Waals surface area contributed by atoms with Crippen LogP contribution in [0, 0.1) is 0 Å². The zero-order chi connectivity index (χ0) is 9.80. The Morgan fingerprint density at radius 1 is 1.14 bits per heavy atom. The molecule has 1 fully saturated rings. The molecule has 0 amide bonds. The highest BCUT2D eigenvalue weighted by Crippen LogP contribution is 2.24. The second-order valence-corrected chi connectivity index (χ2v) is 3.98. The fourth-order valence-corrected chi connectivity index (χ4v) is 2.01. The van der Waals surface area contributed by atoms with Crippen molar-refractivity contribution in [2.24, 2.45) is 5.73 Å². The average molecular weight is 187 g/mol. The summed E-state index contributed by atoms with van der Waals surface area (Å²) in [6.45, 7) is 0. The highest BCUT2D eigenvalue weighted by atomic mass is 14.6. The molecule has 0 heterocycles. The maximum atomic E-state index is 6.06. The number of benzene rings is 1. The predicted octanol–water partition coefficient (Wildman–Crippen LogP) is 2.97.